The first-order valence-electron chi connectivity index (χ1n) is 8.33. The molecule has 0 aliphatic carbocycles. The molecule has 0 aliphatic rings. The molecule has 0 amide bonds. The van der Waals surface area contributed by atoms with E-state index in [2.05, 4.69) is 20.8 Å². The fraction of sp³-hybridized carbons (Fsp3) is 0.632. The van der Waals surface area contributed by atoms with E-state index in [4.69, 9.17) is 4.74 Å². The number of ether oxygens (including phenoxy) is 1. The molecule has 0 aliphatic heterocycles. The molecule has 0 radical (unpaired) electrons. The smallest absolute Gasteiger partial charge is 0.311 e. The lowest BCUT2D eigenvalue weighted by molar-refractivity contribution is -0.134. The molecule has 0 bridgehead atoms. The Morgan fingerprint density at radius 3 is 2.29 bits per heavy atom. The molecule has 0 saturated heterocycles. The third kappa shape index (κ3) is 9.28. The van der Waals surface area contributed by atoms with E-state index in [1.54, 1.807) is 0 Å². The highest BCUT2D eigenvalue weighted by Crippen LogP contribution is 2.18. The van der Waals surface area contributed by atoms with Crippen LogP contribution in [0.3, 0.4) is 0 Å². The standard InChI is InChI=1S/C19H30O2/c1-16(2)10-9-12-17(3)11-7-8-15-19(20)21-18-13-5-4-6-14-18/h4-6,13-14,16-17H,7-12,15H2,1-3H3. The fourth-order valence-corrected chi connectivity index (χ4v) is 2.45. The van der Waals surface area contributed by atoms with E-state index in [-0.39, 0.29) is 5.97 Å². The highest BCUT2D eigenvalue weighted by atomic mass is 16.5. The van der Waals surface area contributed by atoms with E-state index in [0.29, 0.717) is 12.2 Å². The minimum Gasteiger partial charge on any atom is -0.427 e. The lowest BCUT2D eigenvalue weighted by atomic mass is 9.95. The molecule has 1 rings (SSSR count). The quantitative estimate of drug-likeness (QED) is 0.318. The summed E-state index contributed by atoms with van der Waals surface area (Å²) in [6.07, 6.45) is 7.76. The molecular weight excluding hydrogens is 260 g/mol. The predicted octanol–water partition coefficient (Wildman–Crippen LogP) is 5.61. The summed E-state index contributed by atoms with van der Waals surface area (Å²) in [7, 11) is 0. The van der Waals surface area contributed by atoms with E-state index >= 15 is 0 Å². The van der Waals surface area contributed by atoms with Crippen LogP contribution in [0.5, 0.6) is 5.75 Å². The van der Waals surface area contributed by atoms with Crippen LogP contribution >= 0.6 is 0 Å². The number of carbonyl (C=O) groups is 1. The summed E-state index contributed by atoms with van der Waals surface area (Å²) in [6.45, 7) is 6.88. The second-order valence-electron chi connectivity index (χ2n) is 6.46. The maximum atomic E-state index is 11.7. The molecule has 0 spiro atoms. The molecule has 21 heavy (non-hydrogen) atoms. The van der Waals surface area contributed by atoms with Crippen LogP contribution in [-0.4, -0.2) is 5.97 Å². The minimum atomic E-state index is -0.117. The van der Waals surface area contributed by atoms with Gasteiger partial charge in [0.1, 0.15) is 5.75 Å². The third-order valence-electron chi connectivity index (χ3n) is 3.78. The van der Waals surface area contributed by atoms with Gasteiger partial charge in [-0.25, -0.2) is 0 Å². The molecule has 0 saturated carbocycles. The summed E-state index contributed by atoms with van der Waals surface area (Å²) in [4.78, 5) is 11.7. The molecule has 0 aromatic heterocycles. The predicted molar refractivity (Wildman–Crippen MR) is 88.4 cm³/mol. The molecule has 2 nitrogen and oxygen atoms in total. The largest absolute Gasteiger partial charge is 0.427 e. The van der Waals surface area contributed by atoms with E-state index in [9.17, 15) is 4.79 Å². The molecule has 2 heteroatoms. The first kappa shape index (κ1) is 17.7. The first-order chi connectivity index (χ1) is 10.1. The molecule has 1 atom stereocenters. The minimum absolute atomic E-state index is 0.117. The van der Waals surface area contributed by atoms with E-state index in [1.807, 2.05) is 30.3 Å². The van der Waals surface area contributed by atoms with Crippen molar-refractivity contribution in [2.24, 2.45) is 11.8 Å². The van der Waals surface area contributed by atoms with Gasteiger partial charge in [-0.05, 0) is 30.4 Å². The third-order valence-corrected chi connectivity index (χ3v) is 3.78. The van der Waals surface area contributed by atoms with Crippen LogP contribution in [0, 0.1) is 11.8 Å². The van der Waals surface area contributed by atoms with E-state index < -0.39 is 0 Å². The Balaban J connectivity index is 2.04. The Labute approximate surface area is 129 Å². The van der Waals surface area contributed by atoms with Crippen molar-refractivity contribution in [1.29, 1.82) is 0 Å². The van der Waals surface area contributed by atoms with Gasteiger partial charge in [0.05, 0.1) is 0 Å². The van der Waals surface area contributed by atoms with Gasteiger partial charge in [0.2, 0.25) is 0 Å². The topological polar surface area (TPSA) is 26.3 Å². The summed E-state index contributed by atoms with van der Waals surface area (Å²) in [5.41, 5.74) is 0. The van der Waals surface area contributed by atoms with E-state index in [1.165, 1.54) is 25.7 Å². The van der Waals surface area contributed by atoms with Crippen LogP contribution in [0.15, 0.2) is 30.3 Å². The summed E-state index contributed by atoms with van der Waals surface area (Å²) in [5.74, 6) is 2.11. The highest BCUT2D eigenvalue weighted by molar-refractivity contribution is 5.72. The van der Waals surface area contributed by atoms with Gasteiger partial charge in [0, 0.05) is 6.42 Å². The number of hydrogen-bond donors (Lipinski definition) is 0. The fourth-order valence-electron chi connectivity index (χ4n) is 2.45. The lowest BCUT2D eigenvalue weighted by Crippen LogP contribution is -2.07. The van der Waals surface area contributed by atoms with Gasteiger partial charge in [-0.2, -0.15) is 0 Å². The average Bonchev–Trinajstić information content (AvgIpc) is 2.44. The van der Waals surface area contributed by atoms with Gasteiger partial charge in [-0.1, -0.05) is 71.1 Å². The van der Waals surface area contributed by atoms with Gasteiger partial charge in [-0.3, -0.25) is 4.79 Å². The Bertz CT molecular complexity index is 384. The van der Waals surface area contributed by atoms with Crippen molar-refractivity contribution in [2.45, 2.75) is 65.7 Å². The molecule has 0 N–H and O–H groups in total. The Kier molecular flexibility index (Phi) is 8.80. The second-order valence-corrected chi connectivity index (χ2v) is 6.46. The van der Waals surface area contributed by atoms with Crippen molar-refractivity contribution < 1.29 is 9.53 Å². The van der Waals surface area contributed by atoms with Crippen molar-refractivity contribution >= 4 is 5.97 Å². The molecule has 1 aromatic rings. The first-order valence-corrected chi connectivity index (χ1v) is 8.33. The SMILES string of the molecule is CC(C)CCCC(C)CCCCC(=O)Oc1ccccc1. The van der Waals surface area contributed by atoms with Crippen molar-refractivity contribution in [1.82, 2.24) is 0 Å². The summed E-state index contributed by atoms with van der Waals surface area (Å²) < 4.78 is 5.27. The molecule has 0 heterocycles. The summed E-state index contributed by atoms with van der Waals surface area (Å²) in [6, 6.07) is 9.30. The molecular formula is C19H30O2. The Morgan fingerprint density at radius 2 is 1.62 bits per heavy atom. The molecule has 118 valence electrons. The van der Waals surface area contributed by atoms with Crippen LogP contribution in [0.2, 0.25) is 0 Å². The van der Waals surface area contributed by atoms with Gasteiger partial charge < -0.3 is 4.74 Å². The number of esters is 1. The maximum Gasteiger partial charge on any atom is 0.311 e. The van der Waals surface area contributed by atoms with Crippen LogP contribution < -0.4 is 4.74 Å². The van der Waals surface area contributed by atoms with Gasteiger partial charge in [0.15, 0.2) is 0 Å². The van der Waals surface area contributed by atoms with Gasteiger partial charge in [0.25, 0.3) is 0 Å². The monoisotopic (exact) mass is 290 g/mol. The maximum absolute atomic E-state index is 11.7. The van der Waals surface area contributed by atoms with Crippen LogP contribution in [0.1, 0.15) is 65.7 Å². The molecule has 0 fully saturated rings. The number of benzene rings is 1. The summed E-state index contributed by atoms with van der Waals surface area (Å²) >= 11 is 0. The number of para-hydroxylation sites is 1. The zero-order chi connectivity index (χ0) is 15.5. The zero-order valence-electron chi connectivity index (χ0n) is 13.8. The van der Waals surface area contributed by atoms with Crippen LogP contribution in [0.4, 0.5) is 0 Å². The van der Waals surface area contributed by atoms with Crippen molar-refractivity contribution in [2.75, 3.05) is 0 Å². The zero-order valence-corrected chi connectivity index (χ0v) is 13.8. The summed E-state index contributed by atoms with van der Waals surface area (Å²) in [5, 5.41) is 0. The van der Waals surface area contributed by atoms with Crippen LogP contribution in [0.25, 0.3) is 0 Å². The average molecular weight is 290 g/mol. The Hall–Kier alpha value is -1.31. The molecule has 1 aromatic carbocycles. The number of rotatable bonds is 10. The number of carbonyl (C=O) groups excluding carboxylic acids is 1. The van der Waals surface area contributed by atoms with Crippen molar-refractivity contribution in [3.8, 4) is 5.75 Å². The normalized spacial score (nSPS) is 12.4. The highest BCUT2D eigenvalue weighted by Gasteiger charge is 2.06. The van der Waals surface area contributed by atoms with Crippen molar-refractivity contribution in [3.05, 3.63) is 30.3 Å². The van der Waals surface area contributed by atoms with Gasteiger partial charge in [-0.15, -0.1) is 0 Å². The van der Waals surface area contributed by atoms with E-state index in [0.717, 1.165) is 24.7 Å². The lowest BCUT2D eigenvalue weighted by Gasteiger charge is -2.12. The number of hydrogen-bond acceptors (Lipinski definition) is 2. The van der Waals surface area contributed by atoms with Crippen molar-refractivity contribution in [3.63, 3.8) is 0 Å². The van der Waals surface area contributed by atoms with Crippen LogP contribution in [-0.2, 0) is 4.79 Å². The second kappa shape index (κ2) is 10.4. The molecule has 1 unspecified atom stereocenters. The van der Waals surface area contributed by atoms with Gasteiger partial charge >= 0.3 is 5.97 Å². The number of unbranched alkanes of at least 4 members (excludes halogenated alkanes) is 1. The Morgan fingerprint density at radius 1 is 0.952 bits per heavy atom.